The number of fused-ring (bicyclic) bond motifs is 1. The average molecular weight is 334 g/mol. The standard InChI is InChI=1S/C18H26N2O2S/c1-19(2)17(21)13-7-8-15-14(11-13)12-16(23-15)18(22)20-9-5-3-4-6-10-20/h12-13H,3-11H2,1-2H3/t13-/m1/s1. The van der Waals surface area contributed by atoms with Crippen LogP contribution in [-0.4, -0.2) is 48.8 Å². The van der Waals surface area contributed by atoms with Gasteiger partial charge in [-0.05, 0) is 43.7 Å². The predicted octanol–water partition coefficient (Wildman–Crippen LogP) is 2.96. The molecule has 2 aliphatic rings. The fraction of sp³-hybridized carbons (Fsp3) is 0.667. The maximum Gasteiger partial charge on any atom is 0.263 e. The Morgan fingerprint density at radius 2 is 1.87 bits per heavy atom. The molecule has 2 heterocycles. The minimum atomic E-state index is 0.0771. The third-order valence-electron chi connectivity index (χ3n) is 4.98. The van der Waals surface area contributed by atoms with Gasteiger partial charge in [0.05, 0.1) is 4.88 Å². The third kappa shape index (κ3) is 3.60. The molecule has 1 saturated heterocycles. The SMILES string of the molecule is CN(C)C(=O)[C@@H]1CCc2sc(C(=O)N3CCCCCC3)cc2C1. The molecular weight excluding hydrogens is 308 g/mol. The Labute approximate surface area is 142 Å². The van der Waals surface area contributed by atoms with Gasteiger partial charge in [0.2, 0.25) is 5.91 Å². The highest BCUT2D eigenvalue weighted by Gasteiger charge is 2.29. The zero-order valence-corrected chi connectivity index (χ0v) is 15.0. The molecule has 0 unspecified atom stereocenters. The number of hydrogen-bond acceptors (Lipinski definition) is 3. The Kier molecular flexibility index (Phi) is 5.05. The van der Waals surface area contributed by atoms with Gasteiger partial charge in [0.15, 0.2) is 0 Å². The highest BCUT2D eigenvalue weighted by Crippen LogP contribution is 2.33. The van der Waals surface area contributed by atoms with Crippen molar-refractivity contribution >= 4 is 23.2 Å². The number of carbonyl (C=O) groups excluding carboxylic acids is 2. The maximum absolute atomic E-state index is 12.8. The molecule has 0 saturated carbocycles. The molecule has 3 rings (SSSR count). The van der Waals surface area contributed by atoms with E-state index in [0.717, 1.165) is 50.1 Å². The van der Waals surface area contributed by atoms with E-state index in [0.29, 0.717) is 0 Å². The number of carbonyl (C=O) groups is 2. The van der Waals surface area contributed by atoms with Crippen molar-refractivity contribution in [2.75, 3.05) is 27.2 Å². The van der Waals surface area contributed by atoms with Crippen molar-refractivity contribution in [3.63, 3.8) is 0 Å². The summed E-state index contributed by atoms with van der Waals surface area (Å²) < 4.78 is 0. The third-order valence-corrected chi connectivity index (χ3v) is 6.20. The van der Waals surface area contributed by atoms with Crippen LogP contribution in [0.15, 0.2) is 6.07 Å². The van der Waals surface area contributed by atoms with Crippen LogP contribution < -0.4 is 0 Å². The van der Waals surface area contributed by atoms with Gasteiger partial charge in [0.1, 0.15) is 0 Å². The number of likely N-dealkylation sites (tertiary alicyclic amines) is 1. The van der Waals surface area contributed by atoms with Crippen LogP contribution in [0.2, 0.25) is 0 Å². The second kappa shape index (κ2) is 7.04. The van der Waals surface area contributed by atoms with E-state index in [1.165, 1.54) is 23.3 Å². The minimum absolute atomic E-state index is 0.0771. The fourth-order valence-electron chi connectivity index (χ4n) is 3.63. The molecule has 1 fully saturated rings. The molecule has 1 aromatic heterocycles. The van der Waals surface area contributed by atoms with Crippen LogP contribution in [-0.2, 0) is 17.6 Å². The molecule has 0 N–H and O–H groups in total. The monoisotopic (exact) mass is 334 g/mol. The normalized spacial score (nSPS) is 21.5. The van der Waals surface area contributed by atoms with Crippen LogP contribution in [0.1, 0.15) is 52.2 Å². The zero-order valence-electron chi connectivity index (χ0n) is 14.1. The summed E-state index contributed by atoms with van der Waals surface area (Å²) in [6.07, 6.45) is 7.33. The van der Waals surface area contributed by atoms with Gasteiger partial charge in [-0.3, -0.25) is 9.59 Å². The second-order valence-corrected chi connectivity index (χ2v) is 8.07. The molecule has 126 valence electrons. The lowest BCUT2D eigenvalue weighted by Gasteiger charge is -2.24. The van der Waals surface area contributed by atoms with Crippen molar-refractivity contribution in [2.24, 2.45) is 5.92 Å². The highest BCUT2D eigenvalue weighted by molar-refractivity contribution is 7.14. The molecule has 2 amide bonds. The minimum Gasteiger partial charge on any atom is -0.349 e. The number of amides is 2. The Morgan fingerprint density at radius 1 is 1.17 bits per heavy atom. The van der Waals surface area contributed by atoms with Gasteiger partial charge in [-0.1, -0.05) is 12.8 Å². The molecule has 1 aliphatic heterocycles. The highest BCUT2D eigenvalue weighted by atomic mass is 32.1. The van der Waals surface area contributed by atoms with Crippen molar-refractivity contribution < 1.29 is 9.59 Å². The van der Waals surface area contributed by atoms with Gasteiger partial charge in [-0.15, -0.1) is 11.3 Å². The van der Waals surface area contributed by atoms with E-state index >= 15 is 0 Å². The van der Waals surface area contributed by atoms with Gasteiger partial charge in [0.25, 0.3) is 5.91 Å². The van der Waals surface area contributed by atoms with Gasteiger partial charge >= 0.3 is 0 Å². The van der Waals surface area contributed by atoms with Crippen LogP contribution >= 0.6 is 11.3 Å². The van der Waals surface area contributed by atoms with Crippen molar-refractivity contribution in [3.05, 3.63) is 21.4 Å². The molecule has 0 aromatic carbocycles. The summed E-state index contributed by atoms with van der Waals surface area (Å²) in [6.45, 7) is 1.78. The summed E-state index contributed by atoms with van der Waals surface area (Å²) in [7, 11) is 3.64. The van der Waals surface area contributed by atoms with Gasteiger partial charge in [-0.25, -0.2) is 0 Å². The first-order valence-corrected chi connectivity index (χ1v) is 9.50. The molecule has 23 heavy (non-hydrogen) atoms. The Morgan fingerprint density at radius 3 is 2.52 bits per heavy atom. The smallest absolute Gasteiger partial charge is 0.263 e. The number of rotatable bonds is 2. The lowest BCUT2D eigenvalue weighted by atomic mass is 9.87. The number of hydrogen-bond donors (Lipinski definition) is 0. The second-order valence-electron chi connectivity index (χ2n) is 6.94. The largest absolute Gasteiger partial charge is 0.349 e. The summed E-state index contributed by atoms with van der Waals surface area (Å²) in [5.74, 6) is 0.484. The first kappa shape index (κ1) is 16.5. The van der Waals surface area contributed by atoms with Crippen LogP contribution in [0.4, 0.5) is 0 Å². The van der Waals surface area contributed by atoms with Crippen molar-refractivity contribution in [1.29, 1.82) is 0 Å². The van der Waals surface area contributed by atoms with Crippen molar-refractivity contribution in [1.82, 2.24) is 9.80 Å². The Hall–Kier alpha value is -1.36. The summed E-state index contributed by atoms with van der Waals surface area (Å²) in [5, 5.41) is 0. The van der Waals surface area contributed by atoms with E-state index in [-0.39, 0.29) is 17.7 Å². The lowest BCUT2D eigenvalue weighted by molar-refractivity contribution is -0.133. The predicted molar refractivity (Wildman–Crippen MR) is 92.9 cm³/mol. The van der Waals surface area contributed by atoms with Crippen LogP contribution in [0.5, 0.6) is 0 Å². The Bertz CT molecular complexity index is 586. The molecule has 1 aliphatic carbocycles. The first-order chi connectivity index (χ1) is 11.1. The lowest BCUT2D eigenvalue weighted by Crippen LogP contribution is -2.32. The van der Waals surface area contributed by atoms with E-state index in [1.807, 2.05) is 19.0 Å². The molecule has 0 spiro atoms. The van der Waals surface area contributed by atoms with Gasteiger partial charge < -0.3 is 9.80 Å². The molecule has 5 heteroatoms. The number of aryl methyl sites for hydroxylation is 1. The van der Waals surface area contributed by atoms with Crippen molar-refractivity contribution in [3.8, 4) is 0 Å². The summed E-state index contributed by atoms with van der Waals surface area (Å²) in [5.41, 5.74) is 1.22. The summed E-state index contributed by atoms with van der Waals surface area (Å²) >= 11 is 1.65. The van der Waals surface area contributed by atoms with E-state index in [1.54, 1.807) is 16.2 Å². The topological polar surface area (TPSA) is 40.6 Å². The molecular formula is C18H26N2O2S. The average Bonchev–Trinajstić information content (AvgIpc) is 2.78. The molecule has 0 radical (unpaired) electrons. The summed E-state index contributed by atoms with van der Waals surface area (Å²) in [4.78, 5) is 30.8. The quantitative estimate of drug-likeness (QED) is 0.834. The van der Waals surface area contributed by atoms with E-state index in [4.69, 9.17) is 0 Å². The van der Waals surface area contributed by atoms with Gasteiger partial charge in [-0.2, -0.15) is 0 Å². The van der Waals surface area contributed by atoms with Crippen LogP contribution in [0, 0.1) is 5.92 Å². The number of nitrogens with zero attached hydrogens (tertiary/aromatic N) is 2. The Balaban J connectivity index is 1.72. The van der Waals surface area contributed by atoms with Crippen LogP contribution in [0.25, 0.3) is 0 Å². The summed E-state index contributed by atoms with van der Waals surface area (Å²) in [6, 6.07) is 2.06. The zero-order chi connectivity index (χ0) is 16.4. The fourth-order valence-corrected chi connectivity index (χ4v) is 4.81. The van der Waals surface area contributed by atoms with E-state index < -0.39 is 0 Å². The maximum atomic E-state index is 12.8. The molecule has 1 aromatic rings. The molecule has 1 atom stereocenters. The van der Waals surface area contributed by atoms with E-state index in [9.17, 15) is 9.59 Å². The van der Waals surface area contributed by atoms with Crippen LogP contribution in [0.3, 0.4) is 0 Å². The van der Waals surface area contributed by atoms with Crippen molar-refractivity contribution in [2.45, 2.75) is 44.9 Å². The molecule has 4 nitrogen and oxygen atoms in total. The number of thiophene rings is 1. The first-order valence-electron chi connectivity index (χ1n) is 8.68. The van der Waals surface area contributed by atoms with Gasteiger partial charge in [0, 0.05) is 38.0 Å². The molecule has 0 bridgehead atoms. The van der Waals surface area contributed by atoms with E-state index in [2.05, 4.69) is 6.07 Å².